The summed E-state index contributed by atoms with van der Waals surface area (Å²) in [5.41, 5.74) is 3.13. The number of nitrogens with one attached hydrogen (secondary N) is 2. The molecule has 2 N–H and O–H groups in total. The average Bonchev–Trinajstić information content (AvgIpc) is 3.50. The topological polar surface area (TPSA) is 80.3 Å². The molecule has 0 atom stereocenters. The summed E-state index contributed by atoms with van der Waals surface area (Å²) in [7, 11) is 1.75. The predicted octanol–water partition coefficient (Wildman–Crippen LogP) is 4.65. The van der Waals surface area contributed by atoms with Crippen molar-refractivity contribution < 1.29 is 4.42 Å². The van der Waals surface area contributed by atoms with E-state index in [1.54, 1.807) is 13.3 Å². The van der Waals surface area contributed by atoms with Gasteiger partial charge in [0.2, 0.25) is 5.89 Å². The van der Waals surface area contributed by atoms with Gasteiger partial charge in [0, 0.05) is 31.5 Å². The highest BCUT2D eigenvalue weighted by atomic mass is 127. The van der Waals surface area contributed by atoms with E-state index in [0.29, 0.717) is 24.9 Å². The van der Waals surface area contributed by atoms with E-state index in [2.05, 4.69) is 60.5 Å². The Morgan fingerprint density at radius 3 is 2.48 bits per heavy atom. The fourth-order valence-electron chi connectivity index (χ4n) is 3.47. The van der Waals surface area contributed by atoms with Crippen molar-refractivity contribution in [2.45, 2.75) is 32.5 Å². The molecule has 0 aliphatic carbocycles. The second-order valence-electron chi connectivity index (χ2n) is 7.42. The SMILES string of the molecule is CN=C(NCc1coc(-c2ccccc2)n1)NCc1nccn1CCCc1ccccc1.I. The van der Waals surface area contributed by atoms with Gasteiger partial charge in [0.1, 0.15) is 12.1 Å². The van der Waals surface area contributed by atoms with Gasteiger partial charge in [-0.15, -0.1) is 24.0 Å². The molecule has 0 radical (unpaired) electrons. The largest absolute Gasteiger partial charge is 0.444 e. The summed E-state index contributed by atoms with van der Waals surface area (Å²) in [6.07, 6.45) is 7.66. The molecule has 8 heteroatoms. The Kier molecular flexibility index (Phi) is 9.49. The lowest BCUT2D eigenvalue weighted by Crippen LogP contribution is -2.37. The Balaban J connectivity index is 0.00000306. The first-order chi connectivity index (χ1) is 15.8. The third kappa shape index (κ3) is 7.18. The molecular weight excluding hydrogens is 527 g/mol. The van der Waals surface area contributed by atoms with E-state index >= 15 is 0 Å². The highest BCUT2D eigenvalue weighted by molar-refractivity contribution is 14.0. The maximum Gasteiger partial charge on any atom is 0.226 e. The van der Waals surface area contributed by atoms with Crippen LogP contribution in [0.2, 0.25) is 0 Å². The lowest BCUT2D eigenvalue weighted by Gasteiger charge is -2.12. The highest BCUT2D eigenvalue weighted by Gasteiger charge is 2.08. The summed E-state index contributed by atoms with van der Waals surface area (Å²) in [4.78, 5) is 13.3. The van der Waals surface area contributed by atoms with Crippen LogP contribution in [0.3, 0.4) is 0 Å². The normalized spacial score (nSPS) is 11.1. The molecule has 2 aromatic carbocycles. The first kappa shape index (κ1) is 24.5. The van der Waals surface area contributed by atoms with E-state index in [0.717, 1.165) is 36.5 Å². The van der Waals surface area contributed by atoms with Crippen molar-refractivity contribution >= 4 is 29.9 Å². The Morgan fingerprint density at radius 1 is 1.00 bits per heavy atom. The van der Waals surface area contributed by atoms with Crippen LogP contribution in [-0.4, -0.2) is 27.5 Å². The number of nitrogens with zero attached hydrogens (tertiary/aromatic N) is 4. The van der Waals surface area contributed by atoms with E-state index in [-0.39, 0.29) is 24.0 Å². The zero-order chi connectivity index (χ0) is 22.0. The number of rotatable bonds is 9. The summed E-state index contributed by atoms with van der Waals surface area (Å²) in [6.45, 7) is 2.03. The number of guanidine groups is 1. The minimum atomic E-state index is 0. The van der Waals surface area contributed by atoms with E-state index in [1.165, 1.54) is 5.56 Å². The van der Waals surface area contributed by atoms with Crippen molar-refractivity contribution in [3.05, 3.63) is 96.4 Å². The lowest BCUT2D eigenvalue weighted by molar-refractivity contribution is 0.572. The lowest BCUT2D eigenvalue weighted by atomic mass is 10.1. The van der Waals surface area contributed by atoms with E-state index in [9.17, 15) is 0 Å². The van der Waals surface area contributed by atoms with Crippen LogP contribution in [0, 0.1) is 0 Å². The van der Waals surface area contributed by atoms with Crippen LogP contribution in [0.1, 0.15) is 23.5 Å². The number of aromatic nitrogens is 3. The third-order valence-corrected chi connectivity index (χ3v) is 5.16. The van der Waals surface area contributed by atoms with Crippen molar-refractivity contribution in [3.63, 3.8) is 0 Å². The fourth-order valence-corrected chi connectivity index (χ4v) is 3.47. The maximum atomic E-state index is 5.60. The van der Waals surface area contributed by atoms with Crippen LogP contribution in [-0.2, 0) is 26.1 Å². The second kappa shape index (κ2) is 12.8. The molecule has 7 nitrogen and oxygen atoms in total. The molecule has 0 aliphatic rings. The van der Waals surface area contributed by atoms with Crippen molar-refractivity contribution in [2.24, 2.45) is 4.99 Å². The molecule has 0 amide bonds. The molecular formula is C25H29IN6O. The molecule has 0 bridgehead atoms. The Morgan fingerprint density at radius 2 is 1.73 bits per heavy atom. The van der Waals surface area contributed by atoms with E-state index < -0.39 is 0 Å². The standard InChI is InChI=1S/C25H28N6O.HI/c1-26-25(28-17-22-19-32-24(30-22)21-12-6-3-7-13-21)29-18-23-27-14-16-31(23)15-8-11-20-9-4-2-5-10-20;/h2-7,9-10,12-14,16,19H,8,11,15,17-18H2,1H3,(H2,26,28,29);1H. The first-order valence-electron chi connectivity index (χ1n) is 10.8. The highest BCUT2D eigenvalue weighted by Crippen LogP contribution is 2.17. The van der Waals surface area contributed by atoms with Gasteiger partial charge in [-0.1, -0.05) is 48.5 Å². The number of aryl methyl sites for hydroxylation is 2. The zero-order valence-electron chi connectivity index (χ0n) is 18.6. The van der Waals surface area contributed by atoms with Crippen LogP contribution in [0.15, 0.2) is 88.7 Å². The zero-order valence-corrected chi connectivity index (χ0v) is 21.0. The van der Waals surface area contributed by atoms with Crippen LogP contribution in [0.25, 0.3) is 11.5 Å². The van der Waals surface area contributed by atoms with Crippen molar-refractivity contribution in [1.29, 1.82) is 0 Å². The molecule has 172 valence electrons. The summed E-state index contributed by atoms with van der Waals surface area (Å²) in [5, 5.41) is 6.60. The molecule has 2 heterocycles. The molecule has 0 unspecified atom stereocenters. The Hall–Kier alpha value is -3.14. The van der Waals surface area contributed by atoms with Crippen LogP contribution < -0.4 is 10.6 Å². The summed E-state index contributed by atoms with van der Waals surface area (Å²) >= 11 is 0. The van der Waals surface area contributed by atoms with Gasteiger partial charge in [0.05, 0.1) is 18.8 Å². The van der Waals surface area contributed by atoms with Crippen LogP contribution >= 0.6 is 24.0 Å². The quantitative estimate of drug-likeness (QED) is 0.178. The summed E-state index contributed by atoms with van der Waals surface area (Å²) in [6, 6.07) is 20.4. The number of oxazole rings is 1. The predicted molar refractivity (Wildman–Crippen MR) is 141 cm³/mol. The number of aliphatic imine (C=N–C) groups is 1. The minimum Gasteiger partial charge on any atom is -0.444 e. The first-order valence-corrected chi connectivity index (χ1v) is 10.8. The molecule has 0 spiro atoms. The van der Waals surface area contributed by atoms with E-state index in [1.807, 2.05) is 42.7 Å². The number of benzene rings is 2. The molecule has 33 heavy (non-hydrogen) atoms. The van der Waals surface area contributed by atoms with Crippen molar-refractivity contribution in [2.75, 3.05) is 7.05 Å². The Labute approximate surface area is 211 Å². The van der Waals surface area contributed by atoms with Gasteiger partial charge in [-0.3, -0.25) is 4.99 Å². The van der Waals surface area contributed by atoms with Gasteiger partial charge >= 0.3 is 0 Å². The Bertz CT molecular complexity index is 1120. The number of halogens is 1. The molecule has 0 saturated carbocycles. The maximum absolute atomic E-state index is 5.60. The monoisotopic (exact) mass is 556 g/mol. The molecule has 0 aliphatic heterocycles. The summed E-state index contributed by atoms with van der Waals surface area (Å²) in [5.74, 6) is 2.28. The third-order valence-electron chi connectivity index (χ3n) is 5.16. The van der Waals surface area contributed by atoms with Gasteiger partial charge in [-0.2, -0.15) is 0 Å². The van der Waals surface area contributed by atoms with E-state index in [4.69, 9.17) is 4.42 Å². The van der Waals surface area contributed by atoms with Crippen molar-refractivity contribution in [1.82, 2.24) is 25.2 Å². The molecule has 0 saturated heterocycles. The van der Waals surface area contributed by atoms with Crippen LogP contribution in [0.4, 0.5) is 0 Å². The number of hydrogen-bond acceptors (Lipinski definition) is 4. The minimum absolute atomic E-state index is 0. The average molecular weight is 556 g/mol. The van der Waals surface area contributed by atoms with Gasteiger partial charge in [0.25, 0.3) is 0 Å². The summed E-state index contributed by atoms with van der Waals surface area (Å²) < 4.78 is 7.78. The van der Waals surface area contributed by atoms with Crippen molar-refractivity contribution in [3.8, 4) is 11.5 Å². The van der Waals surface area contributed by atoms with Gasteiger partial charge in [-0.05, 0) is 30.5 Å². The molecule has 4 aromatic rings. The second-order valence-corrected chi connectivity index (χ2v) is 7.42. The number of imidazole rings is 1. The number of hydrogen-bond donors (Lipinski definition) is 2. The molecule has 0 fully saturated rings. The smallest absolute Gasteiger partial charge is 0.226 e. The molecule has 4 rings (SSSR count). The van der Waals surface area contributed by atoms with Gasteiger partial charge in [0.15, 0.2) is 5.96 Å². The van der Waals surface area contributed by atoms with Crippen LogP contribution in [0.5, 0.6) is 0 Å². The fraction of sp³-hybridized carbons (Fsp3) is 0.240. The van der Waals surface area contributed by atoms with Gasteiger partial charge < -0.3 is 19.6 Å². The van der Waals surface area contributed by atoms with Gasteiger partial charge in [-0.25, -0.2) is 9.97 Å². The molecule has 2 aromatic heterocycles.